The number of aryl methyl sites for hydroxylation is 2. The highest BCUT2D eigenvalue weighted by Gasteiger charge is 2.44. The molecule has 0 radical (unpaired) electrons. The summed E-state index contributed by atoms with van der Waals surface area (Å²) in [6, 6.07) is 8.42. The predicted octanol–water partition coefficient (Wildman–Crippen LogP) is 2.19. The van der Waals surface area contributed by atoms with Gasteiger partial charge in [0.15, 0.2) is 0 Å². The van der Waals surface area contributed by atoms with E-state index in [4.69, 9.17) is 0 Å². The van der Waals surface area contributed by atoms with Crippen molar-refractivity contribution in [3.05, 3.63) is 53.3 Å². The van der Waals surface area contributed by atoms with Crippen LogP contribution in [0.3, 0.4) is 0 Å². The average molecular weight is 283 g/mol. The van der Waals surface area contributed by atoms with Crippen LogP contribution in [0.15, 0.2) is 36.7 Å². The summed E-state index contributed by atoms with van der Waals surface area (Å²) in [5.74, 6) is 0.667. The summed E-state index contributed by atoms with van der Waals surface area (Å²) in [6.45, 7) is 2.79. The summed E-state index contributed by atoms with van der Waals surface area (Å²) in [5, 5.41) is 7.22. The molecule has 1 aromatic carbocycles. The number of amides is 1. The van der Waals surface area contributed by atoms with Crippen LogP contribution in [-0.2, 0) is 18.3 Å². The number of aromatic nitrogens is 2. The number of hydrogen-bond donors (Lipinski definition) is 1. The van der Waals surface area contributed by atoms with Gasteiger partial charge in [-0.1, -0.05) is 29.8 Å². The van der Waals surface area contributed by atoms with E-state index in [-0.39, 0.29) is 11.8 Å². The first kappa shape index (κ1) is 13.9. The fourth-order valence-electron chi connectivity index (χ4n) is 2.81. The van der Waals surface area contributed by atoms with E-state index in [2.05, 4.69) is 41.6 Å². The summed E-state index contributed by atoms with van der Waals surface area (Å²) < 4.78 is 1.79. The SMILES string of the molecule is Cc1cccc(CCNC(=O)C2CC2c2cnn(C)c2)c1. The number of rotatable bonds is 5. The summed E-state index contributed by atoms with van der Waals surface area (Å²) >= 11 is 0. The third kappa shape index (κ3) is 3.32. The zero-order valence-corrected chi connectivity index (χ0v) is 12.5. The van der Waals surface area contributed by atoms with E-state index in [1.807, 2.05) is 19.4 Å². The first-order chi connectivity index (χ1) is 10.1. The second-order valence-corrected chi connectivity index (χ2v) is 5.93. The van der Waals surface area contributed by atoms with Gasteiger partial charge in [0, 0.05) is 25.7 Å². The molecule has 2 atom stereocenters. The van der Waals surface area contributed by atoms with E-state index in [0.717, 1.165) is 12.8 Å². The summed E-state index contributed by atoms with van der Waals surface area (Å²) in [4.78, 5) is 12.1. The van der Waals surface area contributed by atoms with Gasteiger partial charge in [-0.2, -0.15) is 5.10 Å². The van der Waals surface area contributed by atoms with Crippen molar-refractivity contribution in [3.63, 3.8) is 0 Å². The Morgan fingerprint density at radius 2 is 2.33 bits per heavy atom. The minimum Gasteiger partial charge on any atom is -0.356 e. The Morgan fingerprint density at radius 1 is 1.48 bits per heavy atom. The van der Waals surface area contributed by atoms with Gasteiger partial charge in [-0.25, -0.2) is 0 Å². The number of carbonyl (C=O) groups is 1. The molecule has 2 aromatic rings. The molecule has 2 unspecified atom stereocenters. The Hall–Kier alpha value is -2.10. The van der Waals surface area contributed by atoms with Gasteiger partial charge in [0.2, 0.25) is 5.91 Å². The van der Waals surface area contributed by atoms with Crippen LogP contribution in [0.4, 0.5) is 0 Å². The maximum Gasteiger partial charge on any atom is 0.223 e. The fraction of sp³-hybridized carbons (Fsp3) is 0.412. The van der Waals surface area contributed by atoms with E-state index < -0.39 is 0 Å². The Labute approximate surface area is 125 Å². The lowest BCUT2D eigenvalue weighted by molar-refractivity contribution is -0.122. The standard InChI is InChI=1S/C17H21N3O/c1-12-4-3-5-13(8-12)6-7-18-17(21)16-9-15(16)14-10-19-20(2)11-14/h3-5,8,10-11,15-16H,6-7,9H2,1-2H3,(H,18,21). The van der Waals surface area contributed by atoms with Crippen molar-refractivity contribution in [2.45, 2.75) is 25.7 Å². The molecular formula is C17H21N3O. The molecule has 1 aliphatic carbocycles. The smallest absolute Gasteiger partial charge is 0.223 e. The second kappa shape index (κ2) is 5.72. The molecule has 0 spiro atoms. The molecule has 110 valence electrons. The average Bonchev–Trinajstić information content (AvgIpc) is 3.14. The zero-order valence-electron chi connectivity index (χ0n) is 12.5. The molecule has 1 aromatic heterocycles. The lowest BCUT2D eigenvalue weighted by Gasteiger charge is -2.05. The number of nitrogens with one attached hydrogen (secondary N) is 1. The first-order valence-electron chi connectivity index (χ1n) is 7.45. The van der Waals surface area contributed by atoms with Crippen molar-refractivity contribution in [2.75, 3.05) is 6.54 Å². The third-order valence-corrected chi connectivity index (χ3v) is 4.08. The molecule has 4 heteroatoms. The van der Waals surface area contributed by atoms with Gasteiger partial charge in [-0.3, -0.25) is 9.48 Å². The molecule has 1 heterocycles. The maximum atomic E-state index is 12.1. The van der Waals surface area contributed by atoms with Crippen molar-refractivity contribution in [2.24, 2.45) is 13.0 Å². The van der Waals surface area contributed by atoms with Gasteiger partial charge >= 0.3 is 0 Å². The summed E-state index contributed by atoms with van der Waals surface area (Å²) in [6.07, 6.45) is 5.70. The largest absolute Gasteiger partial charge is 0.356 e. The minimum absolute atomic E-state index is 0.131. The van der Waals surface area contributed by atoms with Gasteiger partial charge in [-0.15, -0.1) is 0 Å². The van der Waals surface area contributed by atoms with Gasteiger partial charge in [0.1, 0.15) is 0 Å². The molecule has 0 bridgehead atoms. The highest BCUT2D eigenvalue weighted by atomic mass is 16.2. The number of hydrogen-bond acceptors (Lipinski definition) is 2. The van der Waals surface area contributed by atoms with Crippen LogP contribution in [-0.4, -0.2) is 22.2 Å². The van der Waals surface area contributed by atoms with E-state index in [0.29, 0.717) is 12.5 Å². The molecule has 1 N–H and O–H groups in total. The quantitative estimate of drug-likeness (QED) is 0.914. The van der Waals surface area contributed by atoms with Gasteiger partial charge in [0.25, 0.3) is 0 Å². The Bertz CT molecular complexity index is 647. The Balaban J connectivity index is 1.45. The zero-order chi connectivity index (χ0) is 14.8. The summed E-state index contributed by atoms with van der Waals surface area (Å²) in [7, 11) is 1.91. The topological polar surface area (TPSA) is 46.9 Å². The van der Waals surface area contributed by atoms with Gasteiger partial charge in [-0.05, 0) is 36.8 Å². The monoisotopic (exact) mass is 283 g/mol. The van der Waals surface area contributed by atoms with E-state index in [1.165, 1.54) is 16.7 Å². The van der Waals surface area contributed by atoms with E-state index >= 15 is 0 Å². The number of carbonyl (C=O) groups excluding carboxylic acids is 1. The summed E-state index contributed by atoms with van der Waals surface area (Å²) in [5.41, 5.74) is 3.71. The van der Waals surface area contributed by atoms with Crippen molar-refractivity contribution in [1.29, 1.82) is 0 Å². The van der Waals surface area contributed by atoms with E-state index in [1.54, 1.807) is 4.68 Å². The van der Waals surface area contributed by atoms with Crippen LogP contribution in [0.5, 0.6) is 0 Å². The molecule has 1 fully saturated rings. The molecule has 0 saturated heterocycles. The van der Waals surface area contributed by atoms with Gasteiger partial charge < -0.3 is 5.32 Å². The van der Waals surface area contributed by atoms with Crippen LogP contribution in [0.25, 0.3) is 0 Å². The first-order valence-corrected chi connectivity index (χ1v) is 7.45. The molecular weight excluding hydrogens is 262 g/mol. The van der Waals surface area contributed by atoms with Crippen molar-refractivity contribution >= 4 is 5.91 Å². The van der Waals surface area contributed by atoms with Crippen LogP contribution in [0, 0.1) is 12.8 Å². The fourth-order valence-corrected chi connectivity index (χ4v) is 2.81. The minimum atomic E-state index is 0.131. The molecule has 3 rings (SSSR count). The predicted molar refractivity (Wildman–Crippen MR) is 81.9 cm³/mol. The second-order valence-electron chi connectivity index (χ2n) is 5.93. The molecule has 4 nitrogen and oxygen atoms in total. The maximum absolute atomic E-state index is 12.1. The van der Waals surface area contributed by atoms with E-state index in [9.17, 15) is 4.79 Å². The van der Waals surface area contributed by atoms with Crippen LogP contribution in [0.2, 0.25) is 0 Å². The van der Waals surface area contributed by atoms with Crippen molar-refractivity contribution < 1.29 is 4.79 Å². The normalized spacial score (nSPS) is 20.3. The van der Waals surface area contributed by atoms with Crippen molar-refractivity contribution in [1.82, 2.24) is 15.1 Å². The van der Waals surface area contributed by atoms with Crippen LogP contribution >= 0.6 is 0 Å². The molecule has 21 heavy (non-hydrogen) atoms. The number of nitrogens with zero attached hydrogens (tertiary/aromatic N) is 2. The third-order valence-electron chi connectivity index (χ3n) is 4.08. The van der Waals surface area contributed by atoms with Crippen LogP contribution < -0.4 is 5.32 Å². The van der Waals surface area contributed by atoms with Crippen LogP contribution in [0.1, 0.15) is 29.0 Å². The molecule has 1 aliphatic rings. The van der Waals surface area contributed by atoms with Crippen molar-refractivity contribution in [3.8, 4) is 0 Å². The number of benzene rings is 1. The lowest BCUT2D eigenvalue weighted by atomic mass is 10.1. The Kier molecular flexibility index (Phi) is 3.78. The highest BCUT2D eigenvalue weighted by Crippen LogP contribution is 2.47. The Morgan fingerprint density at radius 3 is 3.05 bits per heavy atom. The molecule has 1 amide bonds. The molecule has 1 saturated carbocycles. The highest BCUT2D eigenvalue weighted by molar-refractivity contribution is 5.82. The van der Waals surface area contributed by atoms with Gasteiger partial charge in [0.05, 0.1) is 6.20 Å². The lowest BCUT2D eigenvalue weighted by Crippen LogP contribution is -2.27. The molecule has 0 aliphatic heterocycles.